The van der Waals surface area contributed by atoms with Gasteiger partial charge in [-0.25, -0.2) is 9.97 Å². The molecule has 1 aliphatic carbocycles. The van der Waals surface area contributed by atoms with E-state index in [0.29, 0.717) is 16.6 Å². The summed E-state index contributed by atoms with van der Waals surface area (Å²) >= 11 is 7.49. The van der Waals surface area contributed by atoms with E-state index in [-0.39, 0.29) is 0 Å². The molecule has 1 atom stereocenters. The minimum atomic E-state index is 0.330. The summed E-state index contributed by atoms with van der Waals surface area (Å²) < 4.78 is 0. The molecular weight excluding hydrogens is 254 g/mol. The molecule has 5 heteroatoms. The van der Waals surface area contributed by atoms with Crippen LogP contribution in [0.25, 0.3) is 0 Å². The van der Waals surface area contributed by atoms with Gasteiger partial charge in [0.25, 0.3) is 0 Å². The third-order valence-corrected chi connectivity index (χ3v) is 4.18. The number of hydrogen-bond acceptors (Lipinski definition) is 4. The zero-order valence-corrected chi connectivity index (χ0v) is 12.0. The maximum atomic E-state index is 5.98. The summed E-state index contributed by atoms with van der Waals surface area (Å²) in [4.78, 5) is 8.58. The van der Waals surface area contributed by atoms with E-state index < -0.39 is 0 Å². The fourth-order valence-corrected chi connectivity index (χ4v) is 2.95. The third-order valence-electron chi connectivity index (χ3n) is 3.44. The van der Waals surface area contributed by atoms with Gasteiger partial charge >= 0.3 is 0 Å². The molecule has 1 saturated carbocycles. The number of rotatable bonds is 3. The van der Waals surface area contributed by atoms with Gasteiger partial charge in [0.05, 0.1) is 0 Å². The number of aromatic nitrogens is 2. The zero-order valence-electron chi connectivity index (χ0n) is 10.5. The highest BCUT2D eigenvalue weighted by Crippen LogP contribution is 2.39. The largest absolute Gasteiger partial charge is 0.367 e. The predicted octanol–water partition coefficient (Wildman–Crippen LogP) is 3.84. The second-order valence-electron chi connectivity index (χ2n) is 5.14. The molecule has 3 nitrogen and oxygen atoms in total. The van der Waals surface area contributed by atoms with Crippen molar-refractivity contribution in [1.29, 1.82) is 0 Å². The molecule has 1 aromatic heterocycles. The lowest BCUT2D eigenvalue weighted by Gasteiger charge is -2.28. The lowest BCUT2D eigenvalue weighted by atomic mass is 9.87. The van der Waals surface area contributed by atoms with Crippen molar-refractivity contribution in [3.8, 4) is 0 Å². The van der Waals surface area contributed by atoms with Gasteiger partial charge in [-0.05, 0) is 24.5 Å². The summed E-state index contributed by atoms with van der Waals surface area (Å²) in [7, 11) is 0. The number of anilines is 1. The van der Waals surface area contributed by atoms with Crippen molar-refractivity contribution < 1.29 is 0 Å². The third kappa shape index (κ3) is 3.05. The molecule has 0 aromatic carbocycles. The first-order valence-electron chi connectivity index (χ1n) is 5.86. The number of nitrogens with one attached hydrogen (secondary N) is 1. The standard InChI is InChI=1S/C12H18ClN3S/c1-12(2)6-4-5-8(12)14-10-7-9(13)15-11(16-10)17-3/h7-8H,4-6H2,1-3H3,(H,14,15,16). The van der Waals surface area contributed by atoms with Crippen LogP contribution in [-0.2, 0) is 0 Å². The van der Waals surface area contributed by atoms with Crippen LogP contribution < -0.4 is 5.32 Å². The Balaban J connectivity index is 2.15. The molecule has 1 fully saturated rings. The van der Waals surface area contributed by atoms with Gasteiger partial charge in [0, 0.05) is 12.1 Å². The molecule has 0 aliphatic heterocycles. The van der Waals surface area contributed by atoms with Gasteiger partial charge in [0.15, 0.2) is 5.16 Å². The summed E-state index contributed by atoms with van der Waals surface area (Å²) in [5.41, 5.74) is 0.330. The van der Waals surface area contributed by atoms with Gasteiger partial charge in [-0.1, -0.05) is 43.6 Å². The number of thioether (sulfide) groups is 1. The quantitative estimate of drug-likeness (QED) is 0.515. The van der Waals surface area contributed by atoms with Crippen molar-refractivity contribution in [2.24, 2.45) is 5.41 Å². The van der Waals surface area contributed by atoms with Crippen LogP contribution in [0.3, 0.4) is 0 Å². The summed E-state index contributed by atoms with van der Waals surface area (Å²) in [6.07, 6.45) is 5.69. The molecule has 1 N–H and O–H groups in total. The highest BCUT2D eigenvalue weighted by molar-refractivity contribution is 7.98. The normalized spacial score (nSPS) is 22.7. The Morgan fingerprint density at radius 3 is 2.82 bits per heavy atom. The summed E-state index contributed by atoms with van der Waals surface area (Å²) in [5, 5.41) is 4.72. The summed E-state index contributed by atoms with van der Waals surface area (Å²) in [5.74, 6) is 0.842. The van der Waals surface area contributed by atoms with Gasteiger partial charge in [-0.15, -0.1) is 0 Å². The predicted molar refractivity (Wildman–Crippen MR) is 73.9 cm³/mol. The Morgan fingerprint density at radius 1 is 1.47 bits per heavy atom. The Kier molecular flexibility index (Phi) is 3.83. The number of halogens is 1. The van der Waals surface area contributed by atoms with Gasteiger partial charge < -0.3 is 5.32 Å². The maximum Gasteiger partial charge on any atom is 0.190 e. The van der Waals surface area contributed by atoms with Crippen molar-refractivity contribution in [1.82, 2.24) is 9.97 Å². The van der Waals surface area contributed by atoms with Gasteiger partial charge in [-0.3, -0.25) is 0 Å². The molecular formula is C12H18ClN3S. The minimum absolute atomic E-state index is 0.330. The monoisotopic (exact) mass is 271 g/mol. The van der Waals surface area contributed by atoms with E-state index in [1.165, 1.54) is 31.0 Å². The van der Waals surface area contributed by atoms with Crippen molar-refractivity contribution in [2.75, 3.05) is 11.6 Å². The molecule has 0 amide bonds. The first-order chi connectivity index (χ1) is 8.01. The minimum Gasteiger partial charge on any atom is -0.367 e. The first-order valence-corrected chi connectivity index (χ1v) is 7.46. The summed E-state index contributed by atoms with van der Waals surface area (Å²) in [6, 6.07) is 2.28. The average molecular weight is 272 g/mol. The van der Waals surface area contributed by atoms with Crippen molar-refractivity contribution in [3.05, 3.63) is 11.2 Å². The van der Waals surface area contributed by atoms with Gasteiger partial charge in [0.2, 0.25) is 0 Å². The van der Waals surface area contributed by atoms with E-state index in [1.807, 2.05) is 6.26 Å². The van der Waals surface area contributed by atoms with E-state index in [2.05, 4.69) is 29.1 Å². The van der Waals surface area contributed by atoms with Crippen LogP contribution in [0, 0.1) is 5.41 Å². The number of nitrogens with zero attached hydrogens (tertiary/aromatic N) is 2. The second kappa shape index (κ2) is 5.02. The fourth-order valence-electron chi connectivity index (χ4n) is 2.33. The Hall–Kier alpha value is -0.480. The molecule has 1 heterocycles. The van der Waals surface area contributed by atoms with Crippen LogP contribution in [0.15, 0.2) is 11.2 Å². The molecule has 0 saturated heterocycles. The highest BCUT2D eigenvalue weighted by Gasteiger charge is 2.34. The van der Waals surface area contributed by atoms with E-state index in [4.69, 9.17) is 11.6 Å². The van der Waals surface area contributed by atoms with Gasteiger partial charge in [-0.2, -0.15) is 0 Å². The topological polar surface area (TPSA) is 37.8 Å². The van der Waals surface area contributed by atoms with Crippen LogP contribution in [-0.4, -0.2) is 22.3 Å². The van der Waals surface area contributed by atoms with Crippen LogP contribution in [0.1, 0.15) is 33.1 Å². The van der Waals surface area contributed by atoms with Crippen LogP contribution in [0.5, 0.6) is 0 Å². The first kappa shape index (κ1) is 13.0. The van der Waals surface area contributed by atoms with E-state index in [9.17, 15) is 0 Å². The van der Waals surface area contributed by atoms with E-state index in [1.54, 1.807) is 6.07 Å². The van der Waals surface area contributed by atoms with E-state index in [0.717, 1.165) is 11.0 Å². The Morgan fingerprint density at radius 2 is 2.24 bits per heavy atom. The Bertz CT molecular complexity index is 409. The average Bonchev–Trinajstić information content (AvgIpc) is 2.57. The van der Waals surface area contributed by atoms with Crippen molar-refractivity contribution in [2.45, 2.75) is 44.3 Å². The van der Waals surface area contributed by atoms with Crippen molar-refractivity contribution in [3.63, 3.8) is 0 Å². The number of hydrogen-bond donors (Lipinski definition) is 1. The molecule has 94 valence electrons. The van der Waals surface area contributed by atoms with Gasteiger partial charge in [0.1, 0.15) is 11.0 Å². The summed E-state index contributed by atoms with van der Waals surface area (Å²) in [6.45, 7) is 4.60. The maximum absolute atomic E-state index is 5.98. The van der Waals surface area contributed by atoms with Crippen LogP contribution >= 0.6 is 23.4 Å². The van der Waals surface area contributed by atoms with Crippen LogP contribution in [0.4, 0.5) is 5.82 Å². The molecule has 1 aliphatic rings. The van der Waals surface area contributed by atoms with Crippen LogP contribution in [0.2, 0.25) is 5.15 Å². The van der Waals surface area contributed by atoms with Crippen molar-refractivity contribution >= 4 is 29.2 Å². The molecule has 17 heavy (non-hydrogen) atoms. The Labute approximate surface area is 112 Å². The fraction of sp³-hybridized carbons (Fsp3) is 0.667. The van der Waals surface area contributed by atoms with E-state index >= 15 is 0 Å². The highest BCUT2D eigenvalue weighted by atomic mass is 35.5. The lowest BCUT2D eigenvalue weighted by Crippen LogP contribution is -2.31. The zero-order chi connectivity index (χ0) is 12.5. The lowest BCUT2D eigenvalue weighted by molar-refractivity contribution is 0.349. The SMILES string of the molecule is CSc1nc(Cl)cc(NC2CCCC2(C)C)n1. The molecule has 0 bridgehead atoms. The molecule has 1 unspecified atom stereocenters. The second-order valence-corrected chi connectivity index (χ2v) is 6.30. The molecule has 1 aromatic rings. The molecule has 2 rings (SSSR count). The smallest absolute Gasteiger partial charge is 0.190 e. The molecule has 0 spiro atoms. The molecule has 0 radical (unpaired) electrons.